The number of nitrogens with one attached hydrogen (secondary N) is 1. The minimum atomic E-state index is 0.619. The maximum Gasteiger partial charge on any atom is 0.135 e. The SMILES string of the molecule is Cc1ccccc1NCCc1nnc(C)n1C1CCCC1. The average Bonchev–Trinajstić information content (AvgIpc) is 3.11. The first kappa shape index (κ1) is 14.1. The minimum Gasteiger partial charge on any atom is -0.384 e. The number of nitrogens with zero attached hydrogens (tertiary/aromatic N) is 3. The summed E-state index contributed by atoms with van der Waals surface area (Å²) in [5.74, 6) is 2.19. The smallest absolute Gasteiger partial charge is 0.135 e. The van der Waals surface area contributed by atoms with E-state index in [2.05, 4.69) is 58.2 Å². The van der Waals surface area contributed by atoms with Crippen LogP contribution in [0.2, 0.25) is 0 Å². The van der Waals surface area contributed by atoms with E-state index >= 15 is 0 Å². The molecule has 4 heteroatoms. The zero-order valence-corrected chi connectivity index (χ0v) is 13.0. The maximum absolute atomic E-state index is 4.39. The van der Waals surface area contributed by atoms with Crippen LogP contribution < -0.4 is 5.32 Å². The third kappa shape index (κ3) is 3.09. The first-order chi connectivity index (χ1) is 10.3. The number of hydrogen-bond acceptors (Lipinski definition) is 3. The summed E-state index contributed by atoms with van der Waals surface area (Å²) in [6.45, 7) is 5.10. The second-order valence-corrected chi connectivity index (χ2v) is 5.96. The van der Waals surface area contributed by atoms with Gasteiger partial charge in [-0.2, -0.15) is 0 Å². The molecule has 1 aromatic heterocycles. The normalized spacial score (nSPS) is 15.5. The monoisotopic (exact) mass is 284 g/mol. The van der Waals surface area contributed by atoms with Crippen LogP contribution in [-0.4, -0.2) is 21.3 Å². The lowest BCUT2D eigenvalue weighted by Gasteiger charge is -2.16. The lowest BCUT2D eigenvalue weighted by molar-refractivity contribution is 0.487. The lowest BCUT2D eigenvalue weighted by atomic mass is 10.2. The largest absolute Gasteiger partial charge is 0.384 e. The Morgan fingerprint density at radius 3 is 2.67 bits per heavy atom. The summed E-state index contributed by atoms with van der Waals surface area (Å²) < 4.78 is 2.37. The van der Waals surface area contributed by atoms with Crippen molar-refractivity contribution in [3.05, 3.63) is 41.5 Å². The molecule has 112 valence electrons. The fourth-order valence-corrected chi connectivity index (χ4v) is 3.30. The van der Waals surface area contributed by atoms with Crippen molar-refractivity contribution < 1.29 is 0 Å². The Kier molecular flexibility index (Phi) is 4.23. The van der Waals surface area contributed by atoms with E-state index in [1.807, 2.05) is 0 Å². The highest BCUT2D eigenvalue weighted by atomic mass is 15.3. The molecule has 0 bridgehead atoms. The molecule has 1 aliphatic carbocycles. The fraction of sp³-hybridized carbons (Fsp3) is 0.529. The summed E-state index contributed by atoms with van der Waals surface area (Å²) >= 11 is 0. The van der Waals surface area contributed by atoms with Gasteiger partial charge in [-0.3, -0.25) is 0 Å². The van der Waals surface area contributed by atoms with Gasteiger partial charge in [-0.05, 0) is 38.3 Å². The van der Waals surface area contributed by atoms with Crippen LogP contribution in [0.15, 0.2) is 24.3 Å². The van der Waals surface area contributed by atoms with Gasteiger partial charge in [-0.1, -0.05) is 31.0 Å². The van der Waals surface area contributed by atoms with E-state index in [0.29, 0.717) is 6.04 Å². The molecule has 0 aliphatic heterocycles. The van der Waals surface area contributed by atoms with Crippen LogP contribution >= 0.6 is 0 Å². The first-order valence-electron chi connectivity index (χ1n) is 7.95. The fourth-order valence-electron chi connectivity index (χ4n) is 3.30. The Morgan fingerprint density at radius 1 is 1.14 bits per heavy atom. The summed E-state index contributed by atoms with van der Waals surface area (Å²) in [6.07, 6.45) is 6.15. The van der Waals surface area contributed by atoms with E-state index < -0.39 is 0 Å². The molecule has 1 saturated carbocycles. The van der Waals surface area contributed by atoms with Crippen molar-refractivity contribution in [2.24, 2.45) is 0 Å². The molecule has 1 fully saturated rings. The summed E-state index contributed by atoms with van der Waals surface area (Å²) in [5.41, 5.74) is 2.49. The number of rotatable bonds is 5. The van der Waals surface area contributed by atoms with Gasteiger partial charge in [-0.25, -0.2) is 0 Å². The second kappa shape index (κ2) is 6.29. The van der Waals surface area contributed by atoms with E-state index in [4.69, 9.17) is 0 Å². The molecule has 0 saturated heterocycles. The van der Waals surface area contributed by atoms with Gasteiger partial charge in [0, 0.05) is 24.7 Å². The summed E-state index contributed by atoms with van der Waals surface area (Å²) in [7, 11) is 0. The van der Waals surface area contributed by atoms with Gasteiger partial charge in [-0.15, -0.1) is 10.2 Å². The van der Waals surface area contributed by atoms with Crippen molar-refractivity contribution in [2.45, 2.75) is 52.0 Å². The molecule has 0 amide bonds. The third-order valence-corrected chi connectivity index (χ3v) is 4.44. The molecule has 3 rings (SSSR count). The van der Waals surface area contributed by atoms with Crippen molar-refractivity contribution >= 4 is 5.69 Å². The van der Waals surface area contributed by atoms with Crippen molar-refractivity contribution in [1.82, 2.24) is 14.8 Å². The molecule has 1 aliphatic rings. The predicted octanol–water partition coefficient (Wildman–Crippen LogP) is 3.66. The summed E-state index contributed by atoms with van der Waals surface area (Å²) in [5, 5.41) is 12.2. The second-order valence-electron chi connectivity index (χ2n) is 5.96. The lowest BCUT2D eigenvalue weighted by Crippen LogP contribution is -2.14. The number of hydrogen-bond donors (Lipinski definition) is 1. The summed E-state index contributed by atoms with van der Waals surface area (Å²) in [4.78, 5) is 0. The van der Waals surface area contributed by atoms with E-state index in [9.17, 15) is 0 Å². The molecule has 0 atom stereocenters. The maximum atomic E-state index is 4.39. The Labute approximate surface area is 126 Å². The van der Waals surface area contributed by atoms with Gasteiger partial charge in [0.1, 0.15) is 11.6 Å². The number of anilines is 1. The first-order valence-corrected chi connectivity index (χ1v) is 7.95. The van der Waals surface area contributed by atoms with Crippen molar-refractivity contribution in [3.8, 4) is 0 Å². The van der Waals surface area contributed by atoms with E-state index in [1.165, 1.54) is 36.9 Å². The molecule has 2 aromatic rings. The Bertz CT molecular complexity index is 597. The number of para-hydroxylation sites is 1. The Morgan fingerprint density at radius 2 is 1.90 bits per heavy atom. The van der Waals surface area contributed by atoms with Crippen LogP contribution in [0.1, 0.15) is 48.9 Å². The minimum absolute atomic E-state index is 0.619. The van der Waals surface area contributed by atoms with Gasteiger partial charge in [0.25, 0.3) is 0 Å². The van der Waals surface area contributed by atoms with Gasteiger partial charge < -0.3 is 9.88 Å². The van der Waals surface area contributed by atoms with Gasteiger partial charge in [0.05, 0.1) is 0 Å². The standard InChI is InChI=1S/C17H24N4/c1-13-7-3-6-10-16(13)18-12-11-17-20-19-14(2)21(17)15-8-4-5-9-15/h3,6-7,10,15,18H,4-5,8-9,11-12H2,1-2H3. The zero-order chi connectivity index (χ0) is 14.7. The number of aromatic nitrogens is 3. The van der Waals surface area contributed by atoms with Crippen molar-refractivity contribution in [1.29, 1.82) is 0 Å². The van der Waals surface area contributed by atoms with E-state index in [-0.39, 0.29) is 0 Å². The van der Waals surface area contributed by atoms with Crippen LogP contribution in [0.3, 0.4) is 0 Å². The van der Waals surface area contributed by atoms with Crippen LogP contribution in [0.5, 0.6) is 0 Å². The van der Waals surface area contributed by atoms with E-state index in [0.717, 1.165) is 24.6 Å². The highest BCUT2D eigenvalue weighted by Gasteiger charge is 2.21. The van der Waals surface area contributed by atoms with Gasteiger partial charge >= 0.3 is 0 Å². The predicted molar refractivity (Wildman–Crippen MR) is 85.6 cm³/mol. The topological polar surface area (TPSA) is 42.7 Å². The molecule has 1 heterocycles. The quantitative estimate of drug-likeness (QED) is 0.911. The summed E-state index contributed by atoms with van der Waals surface area (Å²) in [6, 6.07) is 9.02. The highest BCUT2D eigenvalue weighted by molar-refractivity contribution is 5.50. The molecule has 4 nitrogen and oxygen atoms in total. The Balaban J connectivity index is 1.64. The van der Waals surface area contributed by atoms with Crippen LogP contribution in [0, 0.1) is 13.8 Å². The third-order valence-electron chi connectivity index (χ3n) is 4.44. The van der Waals surface area contributed by atoms with E-state index in [1.54, 1.807) is 0 Å². The van der Waals surface area contributed by atoms with Crippen LogP contribution in [0.4, 0.5) is 5.69 Å². The van der Waals surface area contributed by atoms with Gasteiger partial charge in [0.2, 0.25) is 0 Å². The molecule has 0 radical (unpaired) electrons. The van der Waals surface area contributed by atoms with Gasteiger partial charge in [0.15, 0.2) is 0 Å². The van der Waals surface area contributed by atoms with Crippen molar-refractivity contribution in [2.75, 3.05) is 11.9 Å². The van der Waals surface area contributed by atoms with Crippen LogP contribution in [-0.2, 0) is 6.42 Å². The highest BCUT2D eigenvalue weighted by Crippen LogP contribution is 2.31. The zero-order valence-electron chi connectivity index (χ0n) is 13.0. The number of aryl methyl sites for hydroxylation is 2. The molecule has 0 unspecified atom stereocenters. The van der Waals surface area contributed by atoms with Crippen LogP contribution in [0.25, 0.3) is 0 Å². The molecule has 21 heavy (non-hydrogen) atoms. The molecular formula is C17H24N4. The van der Waals surface area contributed by atoms with Crippen molar-refractivity contribution in [3.63, 3.8) is 0 Å². The average molecular weight is 284 g/mol. The molecular weight excluding hydrogens is 260 g/mol. The molecule has 0 spiro atoms. The number of benzene rings is 1. The molecule has 1 N–H and O–H groups in total. The molecule has 1 aromatic carbocycles. The Hall–Kier alpha value is -1.84.